The number of hydrogen-bond acceptors (Lipinski definition) is 2. The monoisotopic (exact) mass is 262 g/mol. The first kappa shape index (κ1) is 9.16. The quantitative estimate of drug-likeness (QED) is 0.773. The molecule has 1 aliphatic heterocycles. The smallest absolute Gasteiger partial charge is 0.231 e. The summed E-state index contributed by atoms with van der Waals surface area (Å²) in [5.74, 6) is 1.45. The average molecular weight is 264 g/mol. The van der Waals surface area contributed by atoms with Crippen LogP contribution in [0, 0.1) is 0 Å². The van der Waals surface area contributed by atoms with Gasteiger partial charge >= 0.3 is 0 Å². The van der Waals surface area contributed by atoms with Crippen LogP contribution in [-0.4, -0.2) is 6.79 Å². The summed E-state index contributed by atoms with van der Waals surface area (Å²) in [5, 5.41) is 0.594. The molecule has 0 bridgehead atoms. The van der Waals surface area contributed by atoms with Gasteiger partial charge in [0.2, 0.25) is 6.79 Å². The number of ether oxygens (including phenoxy) is 2. The lowest BCUT2D eigenvalue weighted by molar-refractivity contribution is 0.173. The minimum Gasteiger partial charge on any atom is -0.453 e. The molecule has 0 saturated carbocycles. The summed E-state index contributed by atoms with van der Waals surface area (Å²) in [6, 6.07) is 1.84. The fourth-order valence-electron chi connectivity index (χ4n) is 1.38. The van der Waals surface area contributed by atoms with Crippen LogP contribution >= 0.6 is 27.5 Å². The van der Waals surface area contributed by atoms with Gasteiger partial charge < -0.3 is 9.47 Å². The van der Waals surface area contributed by atoms with Crippen molar-refractivity contribution in [3.05, 3.63) is 21.1 Å². The third-order valence-corrected chi connectivity index (χ3v) is 2.99. The van der Waals surface area contributed by atoms with Crippen molar-refractivity contribution >= 4 is 27.5 Å². The standard InChI is InChI=1S/C9H8BrClO2/c1-2-5-6(10)3-7(11)9-8(5)12-4-13-9/h3H,2,4H2,1H3. The summed E-state index contributed by atoms with van der Waals surface area (Å²) < 4.78 is 11.6. The van der Waals surface area contributed by atoms with Crippen LogP contribution in [0.1, 0.15) is 12.5 Å². The highest BCUT2D eigenvalue weighted by Crippen LogP contribution is 2.45. The summed E-state index contributed by atoms with van der Waals surface area (Å²) in [5.41, 5.74) is 1.11. The first-order chi connectivity index (χ1) is 6.24. The van der Waals surface area contributed by atoms with Crippen LogP contribution in [0.3, 0.4) is 0 Å². The SMILES string of the molecule is CCc1c(Br)cc(Cl)c2c1OCO2. The Labute approximate surface area is 89.9 Å². The van der Waals surface area contributed by atoms with E-state index in [4.69, 9.17) is 21.1 Å². The highest BCUT2D eigenvalue weighted by atomic mass is 79.9. The van der Waals surface area contributed by atoms with Gasteiger partial charge in [0.05, 0.1) is 5.02 Å². The summed E-state index contributed by atoms with van der Waals surface area (Å²) in [6.07, 6.45) is 0.892. The van der Waals surface area contributed by atoms with E-state index in [1.165, 1.54) is 0 Å². The Morgan fingerprint density at radius 2 is 2.15 bits per heavy atom. The van der Waals surface area contributed by atoms with Gasteiger partial charge in [-0.05, 0) is 12.5 Å². The fraction of sp³-hybridized carbons (Fsp3) is 0.333. The van der Waals surface area contributed by atoms with Gasteiger partial charge in [-0.2, -0.15) is 0 Å². The van der Waals surface area contributed by atoms with Crippen LogP contribution in [0.2, 0.25) is 5.02 Å². The zero-order valence-electron chi connectivity index (χ0n) is 7.06. The van der Waals surface area contributed by atoms with Gasteiger partial charge in [-0.15, -0.1) is 0 Å². The third kappa shape index (κ3) is 1.40. The van der Waals surface area contributed by atoms with Gasteiger partial charge in [-0.1, -0.05) is 34.5 Å². The molecule has 13 heavy (non-hydrogen) atoms. The van der Waals surface area contributed by atoms with Crippen molar-refractivity contribution in [2.24, 2.45) is 0 Å². The van der Waals surface area contributed by atoms with Crippen LogP contribution in [0.4, 0.5) is 0 Å². The van der Waals surface area contributed by atoms with Crippen molar-refractivity contribution < 1.29 is 9.47 Å². The van der Waals surface area contributed by atoms with Gasteiger partial charge in [-0.25, -0.2) is 0 Å². The number of benzene rings is 1. The van der Waals surface area contributed by atoms with Gasteiger partial charge in [0.25, 0.3) is 0 Å². The Kier molecular flexibility index (Phi) is 2.39. The third-order valence-electron chi connectivity index (χ3n) is 2.00. The first-order valence-electron chi connectivity index (χ1n) is 4.00. The average Bonchev–Trinajstić information content (AvgIpc) is 2.53. The highest BCUT2D eigenvalue weighted by Gasteiger charge is 2.22. The number of fused-ring (bicyclic) bond motifs is 1. The van der Waals surface area contributed by atoms with Crippen LogP contribution in [0.5, 0.6) is 11.5 Å². The molecule has 0 amide bonds. The topological polar surface area (TPSA) is 18.5 Å². The normalized spacial score (nSPS) is 13.5. The molecule has 1 aromatic rings. The summed E-state index contributed by atoms with van der Waals surface area (Å²) in [7, 11) is 0. The first-order valence-corrected chi connectivity index (χ1v) is 5.17. The molecule has 2 nitrogen and oxygen atoms in total. The fourth-order valence-corrected chi connectivity index (χ4v) is 2.45. The van der Waals surface area contributed by atoms with Gasteiger partial charge in [0, 0.05) is 10.0 Å². The Hall–Kier alpha value is -0.410. The summed E-state index contributed by atoms with van der Waals surface area (Å²) >= 11 is 9.41. The van der Waals surface area contributed by atoms with E-state index in [0.717, 1.165) is 22.2 Å². The van der Waals surface area contributed by atoms with Crippen LogP contribution < -0.4 is 9.47 Å². The van der Waals surface area contributed by atoms with E-state index in [1.54, 1.807) is 0 Å². The van der Waals surface area contributed by atoms with Crippen LogP contribution in [-0.2, 0) is 6.42 Å². The molecule has 1 aliphatic rings. The molecule has 1 aromatic carbocycles. The molecule has 0 aliphatic carbocycles. The van der Waals surface area contributed by atoms with E-state index in [9.17, 15) is 0 Å². The maximum Gasteiger partial charge on any atom is 0.231 e. The number of halogens is 2. The lowest BCUT2D eigenvalue weighted by Crippen LogP contribution is -1.94. The van der Waals surface area contributed by atoms with E-state index in [-0.39, 0.29) is 6.79 Å². The molecule has 0 unspecified atom stereocenters. The number of hydrogen-bond donors (Lipinski definition) is 0. The van der Waals surface area contributed by atoms with E-state index < -0.39 is 0 Å². The van der Waals surface area contributed by atoms with Crippen molar-refractivity contribution in [3.8, 4) is 11.5 Å². The zero-order chi connectivity index (χ0) is 9.42. The van der Waals surface area contributed by atoms with Crippen LogP contribution in [0.15, 0.2) is 10.5 Å². The van der Waals surface area contributed by atoms with Crippen molar-refractivity contribution in [2.75, 3.05) is 6.79 Å². The van der Waals surface area contributed by atoms with Gasteiger partial charge in [0.15, 0.2) is 11.5 Å². The van der Waals surface area contributed by atoms with E-state index in [1.807, 2.05) is 6.07 Å². The molecule has 0 N–H and O–H groups in total. The Bertz CT molecular complexity index is 352. The van der Waals surface area contributed by atoms with E-state index >= 15 is 0 Å². The highest BCUT2D eigenvalue weighted by molar-refractivity contribution is 9.10. The Morgan fingerprint density at radius 3 is 2.85 bits per heavy atom. The largest absolute Gasteiger partial charge is 0.453 e. The Balaban J connectivity index is 2.65. The molecule has 0 radical (unpaired) electrons. The van der Waals surface area contributed by atoms with Gasteiger partial charge in [0.1, 0.15) is 0 Å². The molecule has 2 rings (SSSR count). The van der Waals surface area contributed by atoms with Crippen molar-refractivity contribution in [3.63, 3.8) is 0 Å². The molecule has 0 fully saturated rings. The summed E-state index contributed by atoms with van der Waals surface area (Å²) in [6.45, 7) is 2.33. The lowest BCUT2D eigenvalue weighted by atomic mass is 10.1. The minimum atomic E-state index is 0.262. The minimum absolute atomic E-state index is 0.262. The van der Waals surface area contributed by atoms with Crippen molar-refractivity contribution in [1.82, 2.24) is 0 Å². The van der Waals surface area contributed by atoms with Crippen LogP contribution in [0.25, 0.3) is 0 Å². The maximum atomic E-state index is 5.97. The molecule has 0 saturated heterocycles. The predicted octanol–water partition coefficient (Wildman–Crippen LogP) is 3.39. The van der Waals surface area contributed by atoms with Crippen molar-refractivity contribution in [1.29, 1.82) is 0 Å². The molecular formula is C9H8BrClO2. The Morgan fingerprint density at radius 1 is 1.46 bits per heavy atom. The summed E-state index contributed by atoms with van der Waals surface area (Å²) in [4.78, 5) is 0. The molecule has 0 atom stereocenters. The predicted molar refractivity (Wildman–Crippen MR) is 54.7 cm³/mol. The zero-order valence-corrected chi connectivity index (χ0v) is 9.41. The molecule has 1 heterocycles. The lowest BCUT2D eigenvalue weighted by Gasteiger charge is -2.06. The van der Waals surface area contributed by atoms with Gasteiger partial charge in [-0.3, -0.25) is 0 Å². The second-order valence-electron chi connectivity index (χ2n) is 2.74. The number of rotatable bonds is 1. The van der Waals surface area contributed by atoms with E-state index in [2.05, 4.69) is 22.9 Å². The molecule has 0 spiro atoms. The van der Waals surface area contributed by atoms with Crippen molar-refractivity contribution in [2.45, 2.75) is 13.3 Å². The molecule has 0 aromatic heterocycles. The molecule has 70 valence electrons. The molecule has 4 heteroatoms. The molecular weight excluding hydrogens is 255 g/mol. The maximum absolute atomic E-state index is 5.97. The van der Waals surface area contributed by atoms with E-state index in [0.29, 0.717) is 10.8 Å². The second kappa shape index (κ2) is 3.39. The second-order valence-corrected chi connectivity index (χ2v) is 4.00.